The molecule has 3 N–H and O–H groups in total. The normalized spacial score (nSPS) is 31.1. The van der Waals surface area contributed by atoms with Crippen molar-refractivity contribution < 1.29 is 19.5 Å². The molecule has 8 heteroatoms. The lowest BCUT2D eigenvalue weighted by Gasteiger charge is -2.36. The Morgan fingerprint density at radius 2 is 1.81 bits per heavy atom. The molecule has 1 aromatic rings. The topological polar surface area (TPSA) is 107 Å². The number of likely N-dealkylation sites (tertiary alicyclic amines) is 3. The molecule has 0 bridgehead atoms. The highest BCUT2D eigenvalue weighted by Gasteiger charge is 2.49. The lowest BCUT2D eigenvalue weighted by atomic mass is 9.81. The number of aliphatic hydroxyl groups excluding tert-OH is 1. The molecule has 3 heterocycles. The fourth-order valence-corrected chi connectivity index (χ4v) is 5.96. The van der Waals surface area contributed by atoms with Gasteiger partial charge in [0.05, 0.1) is 24.6 Å². The van der Waals surface area contributed by atoms with Gasteiger partial charge in [-0.1, -0.05) is 30.3 Å². The molecule has 1 aromatic carbocycles. The van der Waals surface area contributed by atoms with Gasteiger partial charge in [0, 0.05) is 44.9 Å². The molecule has 0 unspecified atom stereocenters. The monoisotopic (exact) mass is 442 g/mol. The second-order valence-corrected chi connectivity index (χ2v) is 9.51. The van der Waals surface area contributed by atoms with Gasteiger partial charge in [-0.3, -0.25) is 19.3 Å². The van der Waals surface area contributed by atoms with E-state index in [9.17, 15) is 19.5 Å². The first-order valence-corrected chi connectivity index (χ1v) is 11.6. The molecule has 3 aliphatic heterocycles. The Morgan fingerprint density at radius 3 is 2.50 bits per heavy atom. The minimum atomic E-state index is -0.579. The van der Waals surface area contributed by atoms with Gasteiger partial charge < -0.3 is 20.6 Å². The van der Waals surface area contributed by atoms with Crippen LogP contribution in [-0.2, 0) is 14.4 Å². The summed E-state index contributed by atoms with van der Waals surface area (Å²) in [6, 6.07) is 9.85. The third-order valence-electron chi connectivity index (χ3n) is 7.43. The Kier molecular flexibility index (Phi) is 6.81. The van der Waals surface area contributed by atoms with Crippen molar-refractivity contribution in [3.05, 3.63) is 35.9 Å². The zero-order valence-corrected chi connectivity index (χ0v) is 18.7. The number of nitrogens with zero attached hydrogens (tertiary/aromatic N) is 3. The van der Waals surface area contributed by atoms with Crippen molar-refractivity contribution in [3.8, 4) is 0 Å². The van der Waals surface area contributed by atoms with Gasteiger partial charge in [0.1, 0.15) is 0 Å². The summed E-state index contributed by atoms with van der Waals surface area (Å²) in [7, 11) is 0. The molecule has 3 fully saturated rings. The van der Waals surface area contributed by atoms with Crippen LogP contribution in [0.4, 0.5) is 0 Å². The van der Waals surface area contributed by atoms with Crippen LogP contribution in [0.3, 0.4) is 0 Å². The number of amides is 3. The number of benzene rings is 1. The molecule has 8 nitrogen and oxygen atoms in total. The first-order valence-electron chi connectivity index (χ1n) is 11.6. The number of nitrogens with two attached hydrogens (primary N) is 1. The number of hydrogen-bond acceptors (Lipinski definition) is 5. The van der Waals surface area contributed by atoms with E-state index in [1.54, 1.807) is 6.92 Å². The Balaban J connectivity index is 1.53. The summed E-state index contributed by atoms with van der Waals surface area (Å²) in [5, 5.41) is 11.1. The van der Waals surface area contributed by atoms with Crippen molar-refractivity contribution in [2.75, 3.05) is 39.3 Å². The average Bonchev–Trinajstić information content (AvgIpc) is 3.07. The molecule has 0 saturated carbocycles. The van der Waals surface area contributed by atoms with Crippen molar-refractivity contribution in [2.24, 2.45) is 17.6 Å². The fraction of sp³-hybridized carbons (Fsp3) is 0.625. The smallest absolute Gasteiger partial charge is 0.231 e. The number of primary amides is 1. The largest absolute Gasteiger partial charge is 0.393 e. The van der Waals surface area contributed by atoms with Crippen LogP contribution in [0.1, 0.15) is 37.7 Å². The molecule has 32 heavy (non-hydrogen) atoms. The quantitative estimate of drug-likeness (QED) is 0.702. The van der Waals surface area contributed by atoms with E-state index in [0.717, 1.165) is 24.9 Å². The molecule has 0 aromatic heterocycles. The first kappa shape index (κ1) is 22.7. The number of piperidine rings is 1. The highest BCUT2D eigenvalue weighted by atomic mass is 16.3. The summed E-state index contributed by atoms with van der Waals surface area (Å²) < 4.78 is 0. The Bertz CT molecular complexity index is 848. The summed E-state index contributed by atoms with van der Waals surface area (Å²) in [4.78, 5) is 42.9. The predicted octanol–water partition coefficient (Wildman–Crippen LogP) is 0.408. The third kappa shape index (κ3) is 4.66. The molecule has 4 rings (SSSR count). The van der Waals surface area contributed by atoms with E-state index in [-0.39, 0.29) is 48.1 Å². The van der Waals surface area contributed by atoms with Crippen LogP contribution in [0.2, 0.25) is 0 Å². The minimum absolute atomic E-state index is 0.0229. The third-order valence-corrected chi connectivity index (χ3v) is 7.43. The van der Waals surface area contributed by atoms with Crippen LogP contribution < -0.4 is 5.73 Å². The molecule has 3 amide bonds. The summed E-state index contributed by atoms with van der Waals surface area (Å²) in [5.41, 5.74) is 6.47. The number of hydrogen-bond donors (Lipinski definition) is 2. The molecular weight excluding hydrogens is 408 g/mol. The van der Waals surface area contributed by atoms with E-state index in [1.807, 2.05) is 32.9 Å². The molecule has 174 valence electrons. The van der Waals surface area contributed by atoms with Crippen molar-refractivity contribution in [2.45, 2.75) is 44.2 Å². The van der Waals surface area contributed by atoms with Crippen LogP contribution in [0.5, 0.6) is 0 Å². The van der Waals surface area contributed by atoms with Crippen LogP contribution in [0, 0.1) is 11.8 Å². The Hall–Kier alpha value is -2.45. The molecule has 3 aliphatic rings. The van der Waals surface area contributed by atoms with Gasteiger partial charge in [-0.05, 0) is 31.4 Å². The first-order chi connectivity index (χ1) is 15.3. The van der Waals surface area contributed by atoms with Gasteiger partial charge in [0.2, 0.25) is 17.7 Å². The zero-order chi connectivity index (χ0) is 22.8. The molecule has 3 saturated heterocycles. The van der Waals surface area contributed by atoms with E-state index in [2.05, 4.69) is 12.1 Å². The molecule has 0 spiro atoms. The van der Waals surface area contributed by atoms with Crippen LogP contribution in [-0.4, -0.2) is 88.9 Å². The minimum Gasteiger partial charge on any atom is -0.393 e. The van der Waals surface area contributed by atoms with Gasteiger partial charge >= 0.3 is 0 Å². The summed E-state index contributed by atoms with van der Waals surface area (Å²) in [6.07, 6.45) is 1.55. The Morgan fingerprint density at radius 1 is 1.06 bits per heavy atom. The van der Waals surface area contributed by atoms with Crippen LogP contribution in [0.25, 0.3) is 0 Å². The Labute approximate surface area is 189 Å². The van der Waals surface area contributed by atoms with Crippen molar-refractivity contribution in [1.82, 2.24) is 14.7 Å². The summed E-state index contributed by atoms with van der Waals surface area (Å²) in [6.45, 7) is 4.51. The second kappa shape index (κ2) is 9.58. The summed E-state index contributed by atoms with van der Waals surface area (Å²) in [5.74, 6) is -0.584. The van der Waals surface area contributed by atoms with Crippen LogP contribution in [0.15, 0.2) is 30.3 Å². The fourth-order valence-electron chi connectivity index (χ4n) is 5.96. The van der Waals surface area contributed by atoms with Crippen molar-refractivity contribution in [3.63, 3.8) is 0 Å². The number of fused-ring (bicyclic) bond motifs is 1. The zero-order valence-electron chi connectivity index (χ0n) is 18.7. The molecule has 0 aliphatic carbocycles. The van der Waals surface area contributed by atoms with Gasteiger partial charge in [-0.25, -0.2) is 0 Å². The maximum atomic E-state index is 13.5. The maximum Gasteiger partial charge on any atom is 0.231 e. The number of carbonyl (C=O) groups is 3. The maximum absolute atomic E-state index is 13.5. The summed E-state index contributed by atoms with van der Waals surface area (Å²) >= 11 is 0. The highest BCUT2D eigenvalue weighted by Crippen LogP contribution is 2.42. The number of carbonyl (C=O) groups excluding carboxylic acids is 3. The van der Waals surface area contributed by atoms with E-state index >= 15 is 0 Å². The van der Waals surface area contributed by atoms with Crippen molar-refractivity contribution >= 4 is 17.7 Å². The van der Waals surface area contributed by atoms with Gasteiger partial charge in [0.15, 0.2) is 0 Å². The predicted molar refractivity (Wildman–Crippen MR) is 119 cm³/mol. The lowest BCUT2D eigenvalue weighted by Crippen LogP contribution is -2.50. The molecule has 5 atom stereocenters. The number of rotatable bonds is 4. The SMILES string of the molecule is CC(=O)N1C[C@@H](c2ccccc2)[C@@H]2[C@H](O)CCN(C(=O)[C@H]3CCCN(CC(N)=O)C3)C[C@H]21. The molecule has 0 radical (unpaired) electrons. The number of aliphatic hydroxyl groups is 1. The van der Waals surface area contributed by atoms with E-state index in [0.29, 0.717) is 32.6 Å². The highest BCUT2D eigenvalue weighted by molar-refractivity contribution is 5.80. The lowest BCUT2D eigenvalue weighted by molar-refractivity contribution is -0.140. The second-order valence-electron chi connectivity index (χ2n) is 9.51. The van der Waals surface area contributed by atoms with E-state index < -0.39 is 6.10 Å². The van der Waals surface area contributed by atoms with Crippen molar-refractivity contribution in [1.29, 1.82) is 0 Å². The van der Waals surface area contributed by atoms with Crippen LogP contribution >= 0.6 is 0 Å². The van der Waals surface area contributed by atoms with Gasteiger partial charge in [0.25, 0.3) is 0 Å². The van der Waals surface area contributed by atoms with Gasteiger partial charge in [-0.15, -0.1) is 0 Å². The van der Waals surface area contributed by atoms with E-state index in [4.69, 9.17) is 5.73 Å². The average molecular weight is 443 g/mol. The van der Waals surface area contributed by atoms with Gasteiger partial charge in [-0.2, -0.15) is 0 Å². The van der Waals surface area contributed by atoms with E-state index in [1.165, 1.54) is 0 Å². The molecular formula is C24H34N4O4. The standard InChI is InChI=1S/C24H34N4O4/c1-16(29)28-13-19(17-6-3-2-4-7-17)23-20(28)14-27(11-9-21(23)30)24(32)18-8-5-10-26(12-18)15-22(25)31/h2-4,6-7,18-21,23,30H,5,8-15H2,1H3,(H2,25,31)/t18-,19-,20+,21+,23-/m0/s1.